The van der Waals surface area contributed by atoms with Crippen molar-refractivity contribution in [3.8, 4) is 0 Å². The average Bonchev–Trinajstić information content (AvgIpc) is 2.61. The molecule has 0 unspecified atom stereocenters. The van der Waals surface area contributed by atoms with Gasteiger partial charge in [-0.3, -0.25) is 4.79 Å². The second kappa shape index (κ2) is 3.90. The van der Waals surface area contributed by atoms with Gasteiger partial charge in [-0.15, -0.1) is 11.3 Å². The van der Waals surface area contributed by atoms with Crippen LogP contribution < -0.4 is 0 Å². The molecule has 0 spiro atoms. The van der Waals surface area contributed by atoms with Gasteiger partial charge in [-0.25, -0.2) is 4.98 Å². The molecular weight excluding hydrogens is 218 g/mol. The molecule has 0 aliphatic carbocycles. The first-order valence-corrected chi connectivity index (χ1v) is 6.20. The van der Waals surface area contributed by atoms with Gasteiger partial charge in [0.1, 0.15) is 11.4 Å². The SMILES string of the molecule is Cc1csc(S[C@H]2C[C@H](C)OC2=O)n1. The molecule has 0 bridgehead atoms. The predicted octanol–water partition coefficient (Wildman–Crippen LogP) is 2.25. The molecule has 2 rings (SSSR count). The molecule has 0 aromatic carbocycles. The van der Waals surface area contributed by atoms with Gasteiger partial charge in [-0.1, -0.05) is 11.8 Å². The van der Waals surface area contributed by atoms with E-state index in [2.05, 4.69) is 4.98 Å². The van der Waals surface area contributed by atoms with Crippen LogP contribution in [-0.2, 0) is 9.53 Å². The fourth-order valence-electron chi connectivity index (χ4n) is 1.32. The molecule has 5 heteroatoms. The highest BCUT2D eigenvalue weighted by atomic mass is 32.2. The summed E-state index contributed by atoms with van der Waals surface area (Å²) in [6, 6.07) is 0. The number of ether oxygens (including phenoxy) is 1. The molecule has 1 aliphatic heterocycles. The van der Waals surface area contributed by atoms with Crippen LogP contribution in [-0.4, -0.2) is 22.3 Å². The number of aryl methyl sites for hydroxylation is 1. The van der Waals surface area contributed by atoms with E-state index in [4.69, 9.17) is 4.74 Å². The summed E-state index contributed by atoms with van der Waals surface area (Å²) < 4.78 is 6.03. The van der Waals surface area contributed by atoms with Crippen molar-refractivity contribution in [2.45, 2.75) is 36.0 Å². The Kier molecular flexibility index (Phi) is 2.78. The maximum absolute atomic E-state index is 11.3. The maximum atomic E-state index is 11.3. The van der Waals surface area contributed by atoms with E-state index < -0.39 is 0 Å². The Morgan fingerprint density at radius 2 is 2.50 bits per heavy atom. The van der Waals surface area contributed by atoms with Crippen molar-refractivity contribution < 1.29 is 9.53 Å². The highest BCUT2D eigenvalue weighted by molar-refractivity contribution is 8.02. The van der Waals surface area contributed by atoms with E-state index in [0.717, 1.165) is 16.5 Å². The largest absolute Gasteiger partial charge is 0.462 e. The molecule has 14 heavy (non-hydrogen) atoms. The molecule has 0 amide bonds. The summed E-state index contributed by atoms with van der Waals surface area (Å²) in [4.78, 5) is 15.6. The van der Waals surface area contributed by atoms with Crippen LogP contribution in [0.4, 0.5) is 0 Å². The topological polar surface area (TPSA) is 39.2 Å². The van der Waals surface area contributed by atoms with E-state index in [-0.39, 0.29) is 17.3 Å². The first-order valence-electron chi connectivity index (χ1n) is 4.44. The van der Waals surface area contributed by atoms with Crippen molar-refractivity contribution in [3.63, 3.8) is 0 Å². The van der Waals surface area contributed by atoms with Crippen LogP contribution in [0.3, 0.4) is 0 Å². The first-order chi connectivity index (χ1) is 6.65. The molecule has 2 heterocycles. The minimum Gasteiger partial charge on any atom is -0.462 e. The van der Waals surface area contributed by atoms with Gasteiger partial charge in [0.2, 0.25) is 0 Å². The fraction of sp³-hybridized carbons (Fsp3) is 0.556. The van der Waals surface area contributed by atoms with Crippen molar-refractivity contribution in [2.75, 3.05) is 0 Å². The Morgan fingerprint density at radius 3 is 3.00 bits per heavy atom. The number of nitrogens with zero attached hydrogens (tertiary/aromatic N) is 1. The minimum absolute atomic E-state index is 0.0565. The number of hydrogen-bond acceptors (Lipinski definition) is 5. The van der Waals surface area contributed by atoms with Crippen LogP contribution in [0, 0.1) is 6.92 Å². The fourth-order valence-corrected chi connectivity index (χ4v) is 3.52. The van der Waals surface area contributed by atoms with Gasteiger partial charge in [-0.05, 0) is 13.8 Å². The number of aromatic nitrogens is 1. The highest BCUT2D eigenvalue weighted by Gasteiger charge is 2.33. The van der Waals surface area contributed by atoms with Gasteiger partial charge >= 0.3 is 5.97 Å². The normalized spacial score (nSPS) is 26.6. The third-order valence-electron chi connectivity index (χ3n) is 1.97. The molecule has 76 valence electrons. The monoisotopic (exact) mass is 229 g/mol. The molecule has 1 aromatic heterocycles. The van der Waals surface area contributed by atoms with E-state index in [9.17, 15) is 4.79 Å². The van der Waals surface area contributed by atoms with E-state index in [1.807, 2.05) is 19.2 Å². The third kappa shape index (κ3) is 2.09. The molecule has 1 aromatic rings. The van der Waals surface area contributed by atoms with Gasteiger partial charge in [0.25, 0.3) is 0 Å². The summed E-state index contributed by atoms with van der Waals surface area (Å²) in [5, 5.41) is 1.93. The van der Waals surface area contributed by atoms with Crippen molar-refractivity contribution in [3.05, 3.63) is 11.1 Å². The van der Waals surface area contributed by atoms with Gasteiger partial charge in [0.05, 0.1) is 0 Å². The summed E-state index contributed by atoms with van der Waals surface area (Å²) in [6.45, 7) is 3.88. The molecule has 0 radical (unpaired) electrons. The van der Waals surface area contributed by atoms with Crippen LogP contribution in [0.25, 0.3) is 0 Å². The van der Waals surface area contributed by atoms with E-state index in [1.54, 1.807) is 11.3 Å². The zero-order valence-electron chi connectivity index (χ0n) is 8.02. The summed E-state index contributed by atoms with van der Waals surface area (Å²) in [5.74, 6) is -0.102. The Hall–Kier alpha value is -0.550. The van der Waals surface area contributed by atoms with Crippen LogP contribution in [0.2, 0.25) is 0 Å². The van der Waals surface area contributed by atoms with E-state index >= 15 is 0 Å². The third-order valence-corrected chi connectivity index (χ3v) is 4.26. The Balaban J connectivity index is 2.01. The molecule has 2 atom stereocenters. The summed E-state index contributed by atoms with van der Waals surface area (Å²) >= 11 is 3.10. The number of carbonyl (C=O) groups excluding carboxylic acids is 1. The number of hydrogen-bond donors (Lipinski definition) is 0. The standard InChI is InChI=1S/C9H11NO2S2/c1-5-4-13-9(10-5)14-7-3-6(2)12-8(7)11/h4,6-7H,3H2,1-2H3/t6-,7-/m0/s1. The molecule has 1 fully saturated rings. The van der Waals surface area contributed by atoms with Gasteiger partial charge < -0.3 is 4.74 Å². The van der Waals surface area contributed by atoms with Crippen LogP contribution in [0.1, 0.15) is 19.0 Å². The lowest BCUT2D eigenvalue weighted by Crippen LogP contribution is -2.08. The lowest BCUT2D eigenvalue weighted by Gasteiger charge is -2.00. The number of rotatable bonds is 2. The Labute approximate surface area is 90.9 Å². The minimum atomic E-state index is -0.102. The predicted molar refractivity (Wildman–Crippen MR) is 56.7 cm³/mol. The maximum Gasteiger partial charge on any atom is 0.319 e. The van der Waals surface area contributed by atoms with Crippen molar-refractivity contribution in [1.29, 1.82) is 0 Å². The highest BCUT2D eigenvalue weighted by Crippen LogP contribution is 2.33. The molecule has 0 N–H and O–H groups in total. The van der Waals surface area contributed by atoms with Crippen molar-refractivity contribution >= 4 is 29.1 Å². The number of thiazole rings is 1. The van der Waals surface area contributed by atoms with Crippen molar-refractivity contribution in [1.82, 2.24) is 4.98 Å². The van der Waals surface area contributed by atoms with Crippen LogP contribution >= 0.6 is 23.1 Å². The quantitative estimate of drug-likeness (QED) is 0.729. The zero-order chi connectivity index (χ0) is 10.1. The Bertz CT molecular complexity index is 350. The summed E-state index contributed by atoms with van der Waals surface area (Å²) in [7, 11) is 0. The van der Waals surface area contributed by atoms with Gasteiger partial charge in [0.15, 0.2) is 4.34 Å². The summed E-state index contributed by atoms with van der Waals surface area (Å²) in [6.07, 6.45) is 0.850. The van der Waals surface area contributed by atoms with Gasteiger partial charge in [0, 0.05) is 17.5 Å². The molecule has 0 saturated carbocycles. The number of cyclic esters (lactones) is 1. The second-order valence-corrected chi connectivity index (χ2v) is 5.65. The van der Waals surface area contributed by atoms with E-state index in [1.165, 1.54) is 11.8 Å². The lowest BCUT2D eigenvalue weighted by molar-refractivity contribution is -0.140. The first kappa shape index (κ1) is 9.98. The van der Waals surface area contributed by atoms with Gasteiger partial charge in [-0.2, -0.15) is 0 Å². The number of thioether (sulfide) groups is 1. The lowest BCUT2D eigenvalue weighted by atomic mass is 10.3. The molecular formula is C9H11NO2S2. The van der Waals surface area contributed by atoms with Crippen molar-refractivity contribution in [2.24, 2.45) is 0 Å². The number of carbonyl (C=O) groups is 1. The molecule has 1 aliphatic rings. The van der Waals surface area contributed by atoms with Crippen LogP contribution in [0.5, 0.6) is 0 Å². The zero-order valence-corrected chi connectivity index (χ0v) is 9.65. The smallest absolute Gasteiger partial charge is 0.319 e. The molecule has 1 saturated heterocycles. The van der Waals surface area contributed by atoms with E-state index in [0.29, 0.717) is 0 Å². The average molecular weight is 229 g/mol. The Morgan fingerprint density at radius 1 is 1.71 bits per heavy atom. The molecule has 3 nitrogen and oxygen atoms in total. The summed E-state index contributed by atoms with van der Waals surface area (Å²) in [5.41, 5.74) is 1.01. The van der Waals surface area contributed by atoms with Crippen LogP contribution in [0.15, 0.2) is 9.72 Å². The number of esters is 1. The second-order valence-electron chi connectivity index (χ2n) is 3.34.